The van der Waals surface area contributed by atoms with E-state index in [4.69, 9.17) is 4.74 Å². The molecule has 1 unspecified atom stereocenters. The standard InChI is InChI=1S/C10H16N2O4/c1-2-6-7(13)8(14)9(16-6)12-5-3-4-11-10(12)15/h3,5-9,13-14H,2,4H2,1H3,(H,11,15)/t6-,7+,8?,9-/m1/s1. The van der Waals surface area contributed by atoms with Gasteiger partial charge in [0.05, 0.1) is 6.10 Å². The van der Waals surface area contributed by atoms with Crippen LogP contribution in [0.15, 0.2) is 12.3 Å². The molecule has 6 nitrogen and oxygen atoms in total. The summed E-state index contributed by atoms with van der Waals surface area (Å²) in [6, 6.07) is -0.324. The van der Waals surface area contributed by atoms with Gasteiger partial charge in [-0.15, -0.1) is 0 Å². The maximum Gasteiger partial charge on any atom is 0.323 e. The van der Waals surface area contributed by atoms with Crippen LogP contribution in [0.3, 0.4) is 0 Å². The maximum atomic E-state index is 11.5. The van der Waals surface area contributed by atoms with Crippen molar-refractivity contribution < 1.29 is 19.7 Å². The Morgan fingerprint density at radius 1 is 1.56 bits per heavy atom. The molecule has 0 aromatic rings. The van der Waals surface area contributed by atoms with E-state index < -0.39 is 24.5 Å². The Kier molecular flexibility index (Phi) is 3.13. The highest BCUT2D eigenvalue weighted by molar-refractivity contribution is 5.76. The molecule has 0 spiro atoms. The van der Waals surface area contributed by atoms with E-state index in [1.165, 1.54) is 4.90 Å². The van der Waals surface area contributed by atoms with Crippen LogP contribution >= 0.6 is 0 Å². The quantitative estimate of drug-likeness (QED) is 0.588. The number of rotatable bonds is 2. The summed E-state index contributed by atoms with van der Waals surface area (Å²) in [5.74, 6) is 0. The van der Waals surface area contributed by atoms with Crippen molar-refractivity contribution in [2.45, 2.75) is 37.9 Å². The minimum atomic E-state index is -1.07. The summed E-state index contributed by atoms with van der Waals surface area (Å²) in [4.78, 5) is 12.8. The van der Waals surface area contributed by atoms with Gasteiger partial charge in [0.1, 0.15) is 12.2 Å². The Labute approximate surface area is 93.5 Å². The second kappa shape index (κ2) is 4.40. The van der Waals surface area contributed by atoms with Crippen LogP contribution < -0.4 is 5.32 Å². The van der Waals surface area contributed by atoms with Crippen molar-refractivity contribution in [3.05, 3.63) is 12.3 Å². The van der Waals surface area contributed by atoms with Gasteiger partial charge in [-0.3, -0.25) is 4.90 Å². The predicted octanol–water partition coefficient (Wildman–Crippen LogP) is -0.618. The molecular weight excluding hydrogens is 212 g/mol. The van der Waals surface area contributed by atoms with Gasteiger partial charge in [-0.1, -0.05) is 6.92 Å². The van der Waals surface area contributed by atoms with Gasteiger partial charge in [0.2, 0.25) is 0 Å². The summed E-state index contributed by atoms with van der Waals surface area (Å²) in [7, 11) is 0. The summed E-state index contributed by atoms with van der Waals surface area (Å²) in [6.45, 7) is 2.33. The Morgan fingerprint density at radius 2 is 2.31 bits per heavy atom. The first-order valence-electron chi connectivity index (χ1n) is 5.39. The minimum Gasteiger partial charge on any atom is -0.388 e. The van der Waals surface area contributed by atoms with Gasteiger partial charge in [0.15, 0.2) is 6.23 Å². The van der Waals surface area contributed by atoms with Crippen molar-refractivity contribution in [1.29, 1.82) is 0 Å². The highest BCUT2D eigenvalue weighted by atomic mass is 16.6. The smallest absolute Gasteiger partial charge is 0.323 e. The molecule has 4 atom stereocenters. The number of aliphatic hydroxyl groups excluding tert-OH is 2. The second-order valence-electron chi connectivity index (χ2n) is 3.93. The molecule has 0 radical (unpaired) electrons. The molecule has 6 heteroatoms. The van der Waals surface area contributed by atoms with Crippen LogP contribution in [0.4, 0.5) is 4.79 Å². The normalized spacial score (nSPS) is 38.9. The lowest BCUT2D eigenvalue weighted by molar-refractivity contribution is -0.0540. The number of ether oxygens (including phenoxy) is 1. The molecule has 0 aromatic heterocycles. The molecule has 2 rings (SSSR count). The van der Waals surface area contributed by atoms with Crippen molar-refractivity contribution in [3.63, 3.8) is 0 Å². The fraction of sp³-hybridized carbons (Fsp3) is 0.700. The van der Waals surface area contributed by atoms with E-state index in [-0.39, 0.29) is 6.03 Å². The molecular formula is C10H16N2O4. The van der Waals surface area contributed by atoms with E-state index >= 15 is 0 Å². The number of carbonyl (C=O) groups excluding carboxylic acids is 1. The summed E-state index contributed by atoms with van der Waals surface area (Å²) in [6.07, 6.45) is 0.658. The lowest BCUT2D eigenvalue weighted by atomic mass is 10.1. The van der Waals surface area contributed by atoms with Gasteiger partial charge in [-0.05, 0) is 12.5 Å². The van der Waals surface area contributed by atoms with Gasteiger partial charge in [0.25, 0.3) is 0 Å². The topological polar surface area (TPSA) is 82.0 Å². The van der Waals surface area contributed by atoms with Crippen molar-refractivity contribution in [2.24, 2.45) is 0 Å². The molecule has 0 aromatic carbocycles. The molecule has 1 fully saturated rings. The van der Waals surface area contributed by atoms with E-state index in [9.17, 15) is 15.0 Å². The van der Waals surface area contributed by atoms with Crippen molar-refractivity contribution >= 4 is 6.03 Å². The Morgan fingerprint density at radius 3 is 2.88 bits per heavy atom. The SMILES string of the molecule is CC[C@H]1O[C@@H](N2C=CCNC2=O)C(O)[C@H]1O. The van der Waals surface area contributed by atoms with E-state index in [0.717, 1.165) is 0 Å². The first-order chi connectivity index (χ1) is 7.65. The van der Waals surface area contributed by atoms with E-state index in [2.05, 4.69) is 5.32 Å². The maximum absolute atomic E-state index is 11.5. The zero-order valence-corrected chi connectivity index (χ0v) is 9.04. The minimum absolute atomic E-state index is 0.324. The van der Waals surface area contributed by atoms with E-state index in [1.807, 2.05) is 6.92 Å². The molecule has 2 aliphatic heterocycles. The van der Waals surface area contributed by atoms with Gasteiger partial charge in [-0.25, -0.2) is 4.79 Å². The summed E-state index contributed by atoms with van der Waals surface area (Å²) in [5.41, 5.74) is 0. The van der Waals surface area contributed by atoms with Gasteiger partial charge < -0.3 is 20.3 Å². The highest BCUT2D eigenvalue weighted by Gasteiger charge is 2.45. The molecule has 0 aliphatic carbocycles. The van der Waals surface area contributed by atoms with Crippen LogP contribution in [0.2, 0.25) is 0 Å². The highest BCUT2D eigenvalue weighted by Crippen LogP contribution is 2.26. The molecule has 3 N–H and O–H groups in total. The number of aliphatic hydroxyl groups is 2. The van der Waals surface area contributed by atoms with Crippen molar-refractivity contribution in [2.75, 3.05) is 6.54 Å². The number of hydrogen-bond acceptors (Lipinski definition) is 4. The number of nitrogens with one attached hydrogen (secondary N) is 1. The molecule has 0 saturated carbocycles. The van der Waals surface area contributed by atoms with Crippen LogP contribution in [0.1, 0.15) is 13.3 Å². The average Bonchev–Trinajstić information content (AvgIpc) is 2.57. The zero-order valence-electron chi connectivity index (χ0n) is 9.04. The lowest BCUT2D eigenvalue weighted by Gasteiger charge is -2.29. The van der Waals surface area contributed by atoms with Gasteiger partial charge in [0, 0.05) is 12.7 Å². The average molecular weight is 228 g/mol. The van der Waals surface area contributed by atoms with Gasteiger partial charge in [-0.2, -0.15) is 0 Å². The Bertz CT molecular complexity index is 307. The van der Waals surface area contributed by atoms with Crippen LogP contribution in [0, 0.1) is 0 Å². The van der Waals surface area contributed by atoms with Crippen molar-refractivity contribution in [1.82, 2.24) is 10.2 Å². The fourth-order valence-corrected chi connectivity index (χ4v) is 1.97. The van der Waals surface area contributed by atoms with Gasteiger partial charge >= 0.3 is 6.03 Å². The fourth-order valence-electron chi connectivity index (χ4n) is 1.97. The first-order valence-corrected chi connectivity index (χ1v) is 5.39. The summed E-state index contributed by atoms with van der Waals surface area (Å²) in [5, 5.41) is 22.1. The van der Waals surface area contributed by atoms with Crippen molar-refractivity contribution in [3.8, 4) is 0 Å². The number of urea groups is 1. The number of amides is 2. The van der Waals surface area contributed by atoms with Crippen LogP contribution in [-0.4, -0.2) is 52.2 Å². The summed E-state index contributed by atoms with van der Waals surface area (Å²) >= 11 is 0. The Balaban J connectivity index is 2.13. The molecule has 90 valence electrons. The molecule has 16 heavy (non-hydrogen) atoms. The number of hydrogen-bond donors (Lipinski definition) is 3. The molecule has 2 heterocycles. The third-order valence-electron chi connectivity index (χ3n) is 2.89. The lowest BCUT2D eigenvalue weighted by Crippen LogP contribution is -2.50. The Hall–Kier alpha value is -1.11. The zero-order chi connectivity index (χ0) is 11.7. The first kappa shape index (κ1) is 11.4. The molecule has 1 saturated heterocycles. The van der Waals surface area contributed by atoms with E-state index in [1.54, 1.807) is 12.3 Å². The van der Waals surface area contributed by atoms with E-state index in [0.29, 0.717) is 13.0 Å². The predicted molar refractivity (Wildman–Crippen MR) is 55.3 cm³/mol. The third kappa shape index (κ3) is 1.79. The van der Waals surface area contributed by atoms with Crippen LogP contribution in [0.25, 0.3) is 0 Å². The monoisotopic (exact) mass is 228 g/mol. The number of nitrogens with zero attached hydrogens (tertiary/aromatic N) is 1. The van der Waals surface area contributed by atoms with Crippen LogP contribution in [0.5, 0.6) is 0 Å². The second-order valence-corrected chi connectivity index (χ2v) is 3.93. The molecule has 2 amide bonds. The molecule has 2 aliphatic rings. The summed E-state index contributed by atoms with van der Waals surface area (Å²) < 4.78 is 5.46. The largest absolute Gasteiger partial charge is 0.388 e. The molecule has 0 bridgehead atoms. The van der Waals surface area contributed by atoms with Crippen LogP contribution in [-0.2, 0) is 4.74 Å². The number of carbonyl (C=O) groups is 1. The third-order valence-corrected chi connectivity index (χ3v) is 2.89.